The zero-order valence-electron chi connectivity index (χ0n) is 40.4. The van der Waals surface area contributed by atoms with Crippen molar-refractivity contribution >= 4 is 99.5 Å². The summed E-state index contributed by atoms with van der Waals surface area (Å²) in [5.41, 5.74) is 18.0. The van der Waals surface area contributed by atoms with E-state index in [1.165, 1.54) is 53.1 Å². The number of rotatable bonds is 4. The SMILES string of the molecule is Cn1c2c(-c3cccc(-c4cc5c6c(c4)Oc4ccccc4B6c4ccccc4O5)c3)cccc2c2c3sc4ccccc4c3cc(-c3cccc(-c4cc5c6c(c4)Oc4ccccc4B6c4ccccc4O5)c3)c21. The standard InChI is InChI=1S/C67H39B2NO4S/c1-70-65-44(40-17-12-15-38(31-40)42-33-57-63-58(34-42)72-54-27-8-4-23-50(54)68(63)49-22-3-7-26-53(49)71-57)20-14-21-46(65)62-66(70)47(37-48-45-19-2-11-30-61(45)75-67(48)62)41-18-13-16-39(32-41)43-35-59-64-60(36-43)74-56-29-10-6-25-52(56)69(64)51-24-5-9-28-55(51)73-59/h2-37H,1H3. The third kappa shape index (κ3) is 5.91. The molecule has 0 unspecified atom stereocenters. The normalized spacial score (nSPS) is 13.2. The second-order valence-corrected chi connectivity index (χ2v) is 21.3. The van der Waals surface area contributed by atoms with Crippen molar-refractivity contribution in [2.75, 3.05) is 0 Å². The third-order valence-corrected chi connectivity index (χ3v) is 17.4. The number of ether oxygens (including phenoxy) is 4. The topological polar surface area (TPSA) is 41.9 Å². The van der Waals surface area contributed by atoms with Crippen LogP contribution in [-0.2, 0) is 7.05 Å². The first kappa shape index (κ1) is 41.3. The summed E-state index contributed by atoms with van der Waals surface area (Å²) >= 11 is 1.88. The van der Waals surface area contributed by atoms with Gasteiger partial charge < -0.3 is 23.5 Å². The number of benzene rings is 11. The molecule has 0 fully saturated rings. The monoisotopic (exact) mass is 975 g/mol. The Bertz CT molecular complexity index is 4530. The maximum absolute atomic E-state index is 6.75. The highest BCUT2D eigenvalue weighted by molar-refractivity contribution is 7.26. The quantitative estimate of drug-likeness (QED) is 0.165. The lowest BCUT2D eigenvalue weighted by molar-refractivity contribution is 0.464. The first-order valence-corrected chi connectivity index (χ1v) is 26.4. The van der Waals surface area contributed by atoms with Crippen LogP contribution in [0.15, 0.2) is 218 Å². The van der Waals surface area contributed by atoms with Crippen LogP contribution in [0.1, 0.15) is 0 Å². The molecule has 17 rings (SSSR count). The van der Waals surface area contributed by atoms with Crippen LogP contribution in [0.4, 0.5) is 0 Å². The molecule has 4 aliphatic rings. The second-order valence-electron chi connectivity index (χ2n) is 20.2. The van der Waals surface area contributed by atoms with E-state index >= 15 is 0 Å². The molecule has 2 aromatic heterocycles. The van der Waals surface area contributed by atoms with Gasteiger partial charge in [-0.25, -0.2) is 0 Å². The van der Waals surface area contributed by atoms with Crippen LogP contribution in [0.2, 0.25) is 0 Å². The molecule has 348 valence electrons. The van der Waals surface area contributed by atoms with Crippen LogP contribution < -0.4 is 51.7 Å². The number of aryl methyl sites for hydroxylation is 1. The Balaban J connectivity index is 0.827. The highest BCUT2D eigenvalue weighted by Gasteiger charge is 2.42. The lowest BCUT2D eigenvalue weighted by atomic mass is 9.35. The highest BCUT2D eigenvalue weighted by Crippen LogP contribution is 2.49. The van der Waals surface area contributed by atoms with Crippen LogP contribution >= 0.6 is 11.3 Å². The van der Waals surface area contributed by atoms with E-state index in [0.717, 1.165) is 112 Å². The molecule has 0 aliphatic carbocycles. The molecule has 0 saturated carbocycles. The maximum atomic E-state index is 6.75. The van der Waals surface area contributed by atoms with Crippen molar-refractivity contribution in [2.45, 2.75) is 0 Å². The minimum atomic E-state index is 0.0232. The van der Waals surface area contributed by atoms with E-state index in [9.17, 15) is 0 Å². The fourth-order valence-corrected chi connectivity index (χ4v) is 14.2. The lowest BCUT2D eigenvalue weighted by Gasteiger charge is -2.33. The summed E-state index contributed by atoms with van der Waals surface area (Å²) in [7, 11) is 2.24. The van der Waals surface area contributed by atoms with Crippen molar-refractivity contribution in [3.63, 3.8) is 0 Å². The van der Waals surface area contributed by atoms with Crippen LogP contribution in [0.25, 0.3) is 86.5 Å². The van der Waals surface area contributed by atoms with Crippen molar-refractivity contribution in [3.05, 3.63) is 218 Å². The van der Waals surface area contributed by atoms with E-state index in [1.54, 1.807) is 0 Å². The summed E-state index contributed by atoms with van der Waals surface area (Å²) in [6.07, 6.45) is 0. The Hall–Kier alpha value is -9.23. The number of fused-ring (bicyclic) bond motifs is 15. The van der Waals surface area contributed by atoms with E-state index in [4.69, 9.17) is 18.9 Å². The fourth-order valence-electron chi connectivity index (χ4n) is 13.0. The summed E-state index contributed by atoms with van der Waals surface area (Å²) in [6, 6.07) is 78.4. The van der Waals surface area contributed by atoms with Gasteiger partial charge in [-0.2, -0.15) is 0 Å². The molecular formula is C67H39B2NO4S. The van der Waals surface area contributed by atoms with Gasteiger partial charge in [0.25, 0.3) is 13.4 Å². The Kier molecular flexibility index (Phi) is 8.47. The Morgan fingerprint density at radius 3 is 1.28 bits per heavy atom. The third-order valence-electron chi connectivity index (χ3n) is 16.2. The molecule has 0 radical (unpaired) electrons. The molecule has 0 amide bonds. The first-order valence-electron chi connectivity index (χ1n) is 25.6. The lowest BCUT2D eigenvalue weighted by Crippen LogP contribution is -2.57. The number of para-hydroxylation sites is 5. The van der Waals surface area contributed by atoms with Gasteiger partial charge in [-0.15, -0.1) is 11.3 Å². The molecule has 75 heavy (non-hydrogen) atoms. The molecule has 0 spiro atoms. The van der Waals surface area contributed by atoms with Gasteiger partial charge in [0.15, 0.2) is 0 Å². The number of nitrogens with zero attached hydrogens (tertiary/aromatic N) is 1. The summed E-state index contributed by atoms with van der Waals surface area (Å²) in [4.78, 5) is 0. The molecule has 0 atom stereocenters. The zero-order valence-corrected chi connectivity index (χ0v) is 41.2. The van der Waals surface area contributed by atoms with Gasteiger partial charge in [0.1, 0.15) is 46.0 Å². The van der Waals surface area contributed by atoms with Crippen molar-refractivity contribution in [2.24, 2.45) is 7.05 Å². The van der Waals surface area contributed by atoms with Crippen molar-refractivity contribution in [1.82, 2.24) is 4.57 Å². The Morgan fingerprint density at radius 1 is 0.333 bits per heavy atom. The summed E-state index contributed by atoms with van der Waals surface area (Å²) in [6.45, 7) is 0.0506. The Labute approximate surface area is 436 Å². The molecule has 0 bridgehead atoms. The minimum Gasteiger partial charge on any atom is -0.458 e. The molecule has 5 nitrogen and oxygen atoms in total. The fraction of sp³-hybridized carbons (Fsp3) is 0.0149. The molecular weight excluding hydrogens is 936 g/mol. The van der Waals surface area contributed by atoms with E-state index in [1.807, 2.05) is 23.5 Å². The zero-order chi connectivity index (χ0) is 49.0. The van der Waals surface area contributed by atoms with Crippen LogP contribution in [-0.4, -0.2) is 18.0 Å². The second kappa shape index (κ2) is 15.4. The predicted molar refractivity (Wildman–Crippen MR) is 310 cm³/mol. The predicted octanol–water partition coefficient (Wildman–Crippen LogP) is 13.8. The van der Waals surface area contributed by atoms with Crippen molar-refractivity contribution < 1.29 is 18.9 Å². The largest absolute Gasteiger partial charge is 0.458 e. The van der Waals surface area contributed by atoms with Crippen LogP contribution in [0.5, 0.6) is 46.0 Å². The van der Waals surface area contributed by atoms with Gasteiger partial charge >= 0.3 is 0 Å². The smallest absolute Gasteiger partial charge is 0.260 e. The molecule has 4 aliphatic heterocycles. The van der Waals surface area contributed by atoms with E-state index in [-0.39, 0.29) is 13.4 Å². The summed E-state index contributed by atoms with van der Waals surface area (Å²) in [5.74, 6) is 6.86. The summed E-state index contributed by atoms with van der Waals surface area (Å²) in [5, 5.41) is 5.03. The number of thiophene rings is 1. The van der Waals surface area contributed by atoms with Gasteiger partial charge in [0, 0.05) is 60.0 Å². The first-order chi connectivity index (χ1) is 37.1. The number of hydrogen-bond donors (Lipinski definition) is 0. The number of aromatic nitrogens is 1. The molecule has 0 N–H and O–H groups in total. The average Bonchev–Trinajstić information content (AvgIpc) is 4.02. The molecule has 11 aromatic carbocycles. The van der Waals surface area contributed by atoms with Crippen LogP contribution in [0, 0.1) is 0 Å². The van der Waals surface area contributed by atoms with Crippen LogP contribution in [0.3, 0.4) is 0 Å². The number of hydrogen-bond acceptors (Lipinski definition) is 5. The van der Waals surface area contributed by atoms with Gasteiger partial charge in [0.05, 0.1) is 11.0 Å². The van der Waals surface area contributed by atoms with E-state index in [0.29, 0.717) is 0 Å². The van der Waals surface area contributed by atoms with Crippen molar-refractivity contribution in [1.29, 1.82) is 0 Å². The van der Waals surface area contributed by atoms with Gasteiger partial charge in [-0.3, -0.25) is 0 Å². The maximum Gasteiger partial charge on any atom is 0.260 e. The molecule has 0 saturated heterocycles. The average molecular weight is 976 g/mol. The van der Waals surface area contributed by atoms with Gasteiger partial charge in [-0.1, -0.05) is 146 Å². The van der Waals surface area contributed by atoms with E-state index in [2.05, 4.69) is 218 Å². The van der Waals surface area contributed by atoms with Gasteiger partial charge in [-0.05, 0) is 128 Å². The highest BCUT2D eigenvalue weighted by atomic mass is 32.1. The molecule has 6 heterocycles. The van der Waals surface area contributed by atoms with E-state index < -0.39 is 0 Å². The summed E-state index contributed by atoms with van der Waals surface area (Å²) < 4.78 is 32.0. The molecule has 13 aromatic rings. The molecule has 8 heteroatoms. The Morgan fingerprint density at radius 2 is 0.760 bits per heavy atom. The van der Waals surface area contributed by atoms with Crippen molar-refractivity contribution in [3.8, 4) is 90.5 Å². The van der Waals surface area contributed by atoms with Gasteiger partial charge in [0.2, 0.25) is 0 Å². The minimum absolute atomic E-state index is 0.0232.